The number of rotatable bonds is 5. The number of carbonyl (C=O) groups excluding carboxylic acids is 2. The average Bonchev–Trinajstić information content (AvgIpc) is 2.28. The number of ether oxygens (including phenoxy) is 1. The van der Waals surface area contributed by atoms with Gasteiger partial charge in [-0.05, 0) is 47.7 Å². The molecule has 0 saturated carbocycles. The minimum absolute atomic E-state index is 0.292. The van der Waals surface area contributed by atoms with Gasteiger partial charge in [-0.1, -0.05) is 6.07 Å². The number of hydrogen-bond acceptors (Lipinski definition) is 3. The van der Waals surface area contributed by atoms with Crippen LogP contribution in [0, 0.1) is 3.57 Å². The summed E-state index contributed by atoms with van der Waals surface area (Å²) in [5.41, 5.74) is 5.56. The summed E-state index contributed by atoms with van der Waals surface area (Å²) in [5, 5.41) is 2.42. The van der Waals surface area contributed by atoms with E-state index in [9.17, 15) is 9.59 Å². The molecule has 0 radical (unpaired) electrons. The molecule has 0 fully saturated rings. The normalized spacial score (nSPS) is 11.9. The fourth-order valence-electron chi connectivity index (χ4n) is 1.19. The number of halogens is 1. The van der Waals surface area contributed by atoms with Gasteiger partial charge in [-0.15, -0.1) is 0 Å². The van der Waals surface area contributed by atoms with Crippen LogP contribution in [0.1, 0.15) is 17.3 Å². The molecule has 1 rings (SSSR count). The molecule has 0 spiro atoms. The first-order chi connectivity index (χ1) is 8.04. The smallest absolute Gasteiger partial charge is 0.267 e. The molecular weight excluding hydrogens is 335 g/mol. The number of primary amides is 1. The zero-order chi connectivity index (χ0) is 12.8. The summed E-state index contributed by atoms with van der Waals surface area (Å²) in [5.74, 6) is -1.11. The van der Waals surface area contributed by atoms with Gasteiger partial charge in [-0.25, -0.2) is 0 Å². The first kappa shape index (κ1) is 13.9. The Morgan fingerprint density at radius 2 is 2.24 bits per heavy atom. The molecule has 0 saturated heterocycles. The number of nitrogens with one attached hydrogen (secondary N) is 1. The van der Waals surface area contributed by atoms with E-state index in [1.807, 2.05) is 6.07 Å². The fraction of sp³-hybridized carbons (Fsp3) is 0.273. The van der Waals surface area contributed by atoms with Crippen molar-refractivity contribution in [2.24, 2.45) is 5.73 Å². The zero-order valence-corrected chi connectivity index (χ0v) is 11.4. The number of hydrogen-bond donors (Lipinski definition) is 2. The lowest BCUT2D eigenvalue weighted by Gasteiger charge is -2.15. The van der Waals surface area contributed by atoms with E-state index in [1.165, 1.54) is 0 Å². The van der Waals surface area contributed by atoms with E-state index in [0.717, 1.165) is 3.57 Å². The first-order valence-electron chi connectivity index (χ1n) is 5.02. The monoisotopic (exact) mass is 348 g/mol. The summed E-state index contributed by atoms with van der Waals surface area (Å²) in [4.78, 5) is 22.8. The fourth-order valence-corrected chi connectivity index (χ4v) is 1.74. The van der Waals surface area contributed by atoms with Crippen LogP contribution in [0.3, 0.4) is 0 Å². The standard InChI is InChI=1S/C11H13IN2O3/c1-2-17-11(9(13)15)14-10(16)7-4-3-5-8(12)6-7/h3-6,11H,2H2,1H3,(H2,13,15)(H,14,16). The van der Waals surface area contributed by atoms with Gasteiger partial charge in [0, 0.05) is 15.7 Å². The highest BCUT2D eigenvalue weighted by Crippen LogP contribution is 2.07. The van der Waals surface area contributed by atoms with Crippen LogP contribution in [0.4, 0.5) is 0 Å². The molecule has 0 bridgehead atoms. The van der Waals surface area contributed by atoms with E-state index in [1.54, 1.807) is 25.1 Å². The van der Waals surface area contributed by atoms with Crippen LogP contribution >= 0.6 is 22.6 Å². The molecule has 92 valence electrons. The summed E-state index contributed by atoms with van der Waals surface area (Å²) in [6, 6.07) is 6.99. The van der Waals surface area contributed by atoms with Crippen molar-refractivity contribution in [3.05, 3.63) is 33.4 Å². The number of nitrogens with two attached hydrogens (primary N) is 1. The van der Waals surface area contributed by atoms with Gasteiger partial charge in [0.25, 0.3) is 11.8 Å². The molecule has 0 aromatic heterocycles. The predicted octanol–water partition coefficient (Wildman–Crippen LogP) is 0.869. The number of carbonyl (C=O) groups is 2. The van der Waals surface area contributed by atoms with Crippen LogP contribution in [0.5, 0.6) is 0 Å². The molecule has 1 aromatic carbocycles. The second kappa shape index (κ2) is 6.55. The van der Waals surface area contributed by atoms with Crippen LogP contribution in [-0.2, 0) is 9.53 Å². The van der Waals surface area contributed by atoms with Crippen molar-refractivity contribution in [2.45, 2.75) is 13.2 Å². The van der Waals surface area contributed by atoms with Gasteiger partial charge in [0.05, 0.1) is 0 Å². The highest BCUT2D eigenvalue weighted by molar-refractivity contribution is 14.1. The van der Waals surface area contributed by atoms with E-state index in [0.29, 0.717) is 12.2 Å². The zero-order valence-electron chi connectivity index (χ0n) is 9.27. The van der Waals surface area contributed by atoms with Crippen LogP contribution in [0.2, 0.25) is 0 Å². The minimum Gasteiger partial charge on any atom is -0.366 e. The van der Waals surface area contributed by atoms with Crippen LogP contribution in [0.15, 0.2) is 24.3 Å². The predicted molar refractivity (Wildman–Crippen MR) is 71.2 cm³/mol. The second-order valence-corrected chi connectivity index (χ2v) is 4.47. The molecule has 0 aliphatic carbocycles. The molecular formula is C11H13IN2O3. The maximum Gasteiger partial charge on any atom is 0.267 e. The highest BCUT2D eigenvalue weighted by Gasteiger charge is 2.18. The average molecular weight is 348 g/mol. The third-order valence-corrected chi connectivity index (χ3v) is 2.61. The van der Waals surface area contributed by atoms with Crippen LogP contribution < -0.4 is 11.1 Å². The van der Waals surface area contributed by atoms with Crippen molar-refractivity contribution in [1.29, 1.82) is 0 Å². The van der Waals surface area contributed by atoms with E-state index in [-0.39, 0.29) is 5.91 Å². The summed E-state index contributed by atoms with van der Waals surface area (Å²) in [6.45, 7) is 2.01. The Morgan fingerprint density at radius 1 is 1.53 bits per heavy atom. The molecule has 0 aliphatic heterocycles. The number of amides is 2. The van der Waals surface area contributed by atoms with Crippen molar-refractivity contribution >= 4 is 34.4 Å². The van der Waals surface area contributed by atoms with E-state index in [2.05, 4.69) is 27.9 Å². The Hall–Kier alpha value is -1.15. The molecule has 0 aliphatic rings. The van der Waals surface area contributed by atoms with E-state index >= 15 is 0 Å². The topological polar surface area (TPSA) is 81.4 Å². The summed E-state index contributed by atoms with van der Waals surface area (Å²) >= 11 is 2.10. The van der Waals surface area contributed by atoms with Gasteiger partial charge in [-0.3, -0.25) is 9.59 Å². The molecule has 1 atom stereocenters. The van der Waals surface area contributed by atoms with Gasteiger partial charge >= 0.3 is 0 Å². The van der Waals surface area contributed by atoms with Gasteiger partial charge in [0.1, 0.15) is 0 Å². The third-order valence-electron chi connectivity index (χ3n) is 1.94. The Balaban J connectivity index is 2.73. The quantitative estimate of drug-likeness (QED) is 0.612. The number of benzene rings is 1. The van der Waals surface area contributed by atoms with Crippen molar-refractivity contribution in [1.82, 2.24) is 5.32 Å². The molecule has 0 heterocycles. The largest absolute Gasteiger partial charge is 0.366 e. The van der Waals surface area contributed by atoms with Crippen molar-refractivity contribution < 1.29 is 14.3 Å². The maximum absolute atomic E-state index is 11.8. The van der Waals surface area contributed by atoms with Crippen molar-refractivity contribution in [3.8, 4) is 0 Å². The van der Waals surface area contributed by atoms with Crippen LogP contribution in [-0.4, -0.2) is 24.6 Å². The SMILES string of the molecule is CCOC(NC(=O)c1cccc(I)c1)C(N)=O. The second-order valence-electron chi connectivity index (χ2n) is 3.22. The van der Waals surface area contributed by atoms with Crippen molar-refractivity contribution in [2.75, 3.05) is 6.61 Å². The lowest BCUT2D eigenvalue weighted by Crippen LogP contribution is -2.46. The highest BCUT2D eigenvalue weighted by atomic mass is 127. The minimum atomic E-state index is -1.09. The summed E-state index contributed by atoms with van der Waals surface area (Å²) < 4.78 is 5.95. The summed E-state index contributed by atoms with van der Waals surface area (Å²) in [6.07, 6.45) is -1.09. The first-order valence-corrected chi connectivity index (χ1v) is 6.09. The Labute approximate surface area is 113 Å². The lowest BCUT2D eigenvalue weighted by atomic mass is 10.2. The molecule has 6 heteroatoms. The van der Waals surface area contributed by atoms with E-state index in [4.69, 9.17) is 10.5 Å². The Morgan fingerprint density at radius 3 is 2.76 bits per heavy atom. The Kier molecular flexibility index (Phi) is 5.36. The van der Waals surface area contributed by atoms with E-state index < -0.39 is 12.1 Å². The third kappa shape index (κ3) is 4.31. The molecule has 17 heavy (non-hydrogen) atoms. The molecule has 5 nitrogen and oxygen atoms in total. The van der Waals surface area contributed by atoms with Gasteiger partial charge in [-0.2, -0.15) is 0 Å². The molecule has 2 amide bonds. The Bertz CT molecular complexity index is 423. The van der Waals surface area contributed by atoms with Gasteiger partial charge in [0.2, 0.25) is 6.23 Å². The van der Waals surface area contributed by atoms with Gasteiger partial charge < -0.3 is 15.8 Å². The summed E-state index contributed by atoms with van der Waals surface area (Å²) in [7, 11) is 0. The van der Waals surface area contributed by atoms with Crippen LogP contribution in [0.25, 0.3) is 0 Å². The molecule has 1 aromatic rings. The van der Waals surface area contributed by atoms with Crippen molar-refractivity contribution in [3.63, 3.8) is 0 Å². The molecule has 3 N–H and O–H groups in total. The lowest BCUT2D eigenvalue weighted by molar-refractivity contribution is -0.130. The maximum atomic E-state index is 11.8. The van der Waals surface area contributed by atoms with Gasteiger partial charge in [0.15, 0.2) is 0 Å². The molecule has 1 unspecified atom stereocenters.